The summed E-state index contributed by atoms with van der Waals surface area (Å²) in [6, 6.07) is 14.7. The summed E-state index contributed by atoms with van der Waals surface area (Å²) in [7, 11) is 0. The van der Waals surface area contributed by atoms with E-state index in [0.29, 0.717) is 23.8 Å². The van der Waals surface area contributed by atoms with E-state index in [2.05, 4.69) is 24.3 Å². The molecule has 2 aromatic carbocycles. The van der Waals surface area contributed by atoms with Gasteiger partial charge in [-0.2, -0.15) is 0 Å². The number of rotatable bonds is 5. The Bertz CT molecular complexity index is 953. The molecule has 0 bridgehead atoms. The lowest BCUT2D eigenvalue weighted by molar-refractivity contribution is -0.171. The minimum atomic E-state index is -0.932. The molecule has 178 valence electrons. The number of hydrogen-bond donors (Lipinski definition) is 2. The summed E-state index contributed by atoms with van der Waals surface area (Å²) in [5.74, 6) is 0.493. The van der Waals surface area contributed by atoms with Crippen LogP contribution in [0.4, 0.5) is 0 Å². The van der Waals surface area contributed by atoms with Crippen LogP contribution in [0.5, 0.6) is 0 Å². The Morgan fingerprint density at radius 1 is 1.03 bits per heavy atom. The number of ether oxygens (including phenoxy) is 2. The molecule has 1 spiro atoms. The SMILES string of the molecule is CCC1CC(O)C(O)C(c2ccc(Cl)c(Cc3ccc(C4COC5(CCCC5)C4)cc3)c2)O1. The molecule has 0 radical (unpaired) electrons. The van der Waals surface area contributed by atoms with Crippen LogP contribution in [0.1, 0.15) is 86.1 Å². The lowest BCUT2D eigenvalue weighted by Gasteiger charge is -2.37. The largest absolute Gasteiger partial charge is 0.390 e. The molecule has 5 heteroatoms. The van der Waals surface area contributed by atoms with Crippen molar-refractivity contribution in [2.24, 2.45) is 0 Å². The van der Waals surface area contributed by atoms with Crippen LogP contribution >= 0.6 is 11.6 Å². The highest BCUT2D eigenvalue weighted by Crippen LogP contribution is 2.46. The Hall–Kier alpha value is -1.43. The average Bonchev–Trinajstić information content (AvgIpc) is 3.47. The first-order valence-corrected chi connectivity index (χ1v) is 12.9. The Kier molecular flexibility index (Phi) is 6.83. The van der Waals surface area contributed by atoms with Gasteiger partial charge in [-0.1, -0.05) is 67.8 Å². The van der Waals surface area contributed by atoms with E-state index < -0.39 is 18.3 Å². The van der Waals surface area contributed by atoms with Crippen molar-refractivity contribution in [2.45, 2.75) is 94.2 Å². The van der Waals surface area contributed by atoms with Gasteiger partial charge in [0, 0.05) is 17.4 Å². The van der Waals surface area contributed by atoms with Gasteiger partial charge in [-0.3, -0.25) is 0 Å². The second kappa shape index (κ2) is 9.67. The van der Waals surface area contributed by atoms with Gasteiger partial charge < -0.3 is 19.7 Å². The second-order valence-electron chi connectivity index (χ2n) is 10.3. The summed E-state index contributed by atoms with van der Waals surface area (Å²) >= 11 is 6.54. The third-order valence-electron chi connectivity index (χ3n) is 7.97. The monoisotopic (exact) mass is 470 g/mol. The van der Waals surface area contributed by atoms with Gasteiger partial charge in [-0.05, 0) is 60.4 Å². The van der Waals surface area contributed by atoms with Crippen molar-refractivity contribution < 1.29 is 19.7 Å². The van der Waals surface area contributed by atoms with Gasteiger partial charge in [0.1, 0.15) is 12.2 Å². The molecule has 1 aliphatic carbocycles. The van der Waals surface area contributed by atoms with Crippen LogP contribution in [-0.2, 0) is 15.9 Å². The molecule has 5 rings (SSSR count). The first kappa shape index (κ1) is 23.3. The molecule has 2 heterocycles. The zero-order valence-corrected chi connectivity index (χ0v) is 20.1. The quantitative estimate of drug-likeness (QED) is 0.587. The highest BCUT2D eigenvalue weighted by atomic mass is 35.5. The van der Waals surface area contributed by atoms with Crippen molar-refractivity contribution in [3.05, 3.63) is 69.7 Å². The van der Waals surface area contributed by atoms with Crippen molar-refractivity contribution >= 4 is 11.6 Å². The molecular weight excluding hydrogens is 436 g/mol. The molecule has 33 heavy (non-hydrogen) atoms. The zero-order chi connectivity index (χ0) is 23.0. The van der Waals surface area contributed by atoms with Gasteiger partial charge >= 0.3 is 0 Å². The smallest absolute Gasteiger partial charge is 0.111 e. The summed E-state index contributed by atoms with van der Waals surface area (Å²) in [6.45, 7) is 2.87. The fourth-order valence-corrected chi connectivity index (χ4v) is 6.14. The van der Waals surface area contributed by atoms with Crippen LogP contribution in [0, 0.1) is 0 Å². The van der Waals surface area contributed by atoms with Crippen LogP contribution in [0.3, 0.4) is 0 Å². The molecule has 2 aromatic rings. The number of halogens is 1. The van der Waals surface area contributed by atoms with Crippen LogP contribution in [-0.4, -0.2) is 40.7 Å². The maximum atomic E-state index is 10.5. The minimum Gasteiger partial charge on any atom is -0.390 e. The van der Waals surface area contributed by atoms with E-state index in [9.17, 15) is 10.2 Å². The van der Waals surface area contributed by atoms with Crippen molar-refractivity contribution in [1.82, 2.24) is 0 Å². The summed E-state index contributed by atoms with van der Waals surface area (Å²) < 4.78 is 12.3. The van der Waals surface area contributed by atoms with Crippen molar-refractivity contribution in [3.8, 4) is 0 Å². The van der Waals surface area contributed by atoms with E-state index in [0.717, 1.165) is 30.6 Å². The molecule has 0 aromatic heterocycles. The molecule has 5 atom stereocenters. The van der Waals surface area contributed by atoms with Crippen molar-refractivity contribution in [2.75, 3.05) is 6.61 Å². The van der Waals surface area contributed by atoms with Gasteiger partial charge in [-0.25, -0.2) is 0 Å². The molecule has 2 N–H and O–H groups in total. The highest BCUT2D eigenvalue weighted by molar-refractivity contribution is 6.31. The summed E-state index contributed by atoms with van der Waals surface area (Å²) in [5, 5.41) is 21.5. The average molecular weight is 471 g/mol. The fraction of sp³-hybridized carbons (Fsp3) is 0.571. The topological polar surface area (TPSA) is 58.9 Å². The van der Waals surface area contributed by atoms with Gasteiger partial charge in [-0.15, -0.1) is 0 Å². The standard InChI is InChI=1S/C28H35ClO4/c1-2-23-15-25(30)26(31)27(33-23)20-9-10-24(29)21(14-20)13-18-5-7-19(8-6-18)22-16-28(32-17-22)11-3-4-12-28/h5-10,14,22-23,25-27,30-31H,2-4,11-13,15-17H2,1H3. The van der Waals surface area contributed by atoms with Crippen molar-refractivity contribution in [1.29, 1.82) is 0 Å². The summed E-state index contributed by atoms with van der Waals surface area (Å²) in [6.07, 6.45) is 5.85. The number of benzene rings is 2. The molecule has 0 amide bonds. The first-order chi connectivity index (χ1) is 16.0. The van der Waals surface area contributed by atoms with E-state index in [1.165, 1.54) is 36.8 Å². The molecular formula is C28H35ClO4. The molecule has 3 aliphatic rings. The molecule has 4 nitrogen and oxygen atoms in total. The minimum absolute atomic E-state index is 0.0528. The van der Waals surface area contributed by atoms with Crippen LogP contribution < -0.4 is 0 Å². The van der Waals surface area contributed by atoms with Gasteiger partial charge in [0.25, 0.3) is 0 Å². The second-order valence-corrected chi connectivity index (χ2v) is 10.7. The molecule has 5 unspecified atom stereocenters. The van der Waals surface area contributed by atoms with E-state index >= 15 is 0 Å². The normalized spacial score (nSPS) is 31.3. The van der Waals surface area contributed by atoms with Gasteiger partial charge in [0.05, 0.1) is 24.4 Å². The fourth-order valence-electron chi connectivity index (χ4n) is 5.95. The van der Waals surface area contributed by atoms with E-state index in [1.807, 2.05) is 25.1 Å². The van der Waals surface area contributed by atoms with Crippen LogP contribution in [0.25, 0.3) is 0 Å². The van der Waals surface area contributed by atoms with Crippen LogP contribution in [0.2, 0.25) is 5.02 Å². The third kappa shape index (κ3) is 4.87. The van der Waals surface area contributed by atoms with E-state index in [-0.39, 0.29) is 11.7 Å². The summed E-state index contributed by atoms with van der Waals surface area (Å²) in [4.78, 5) is 0. The Labute approximate surface area is 201 Å². The van der Waals surface area contributed by atoms with E-state index in [1.54, 1.807) is 0 Å². The Morgan fingerprint density at radius 2 is 1.76 bits per heavy atom. The zero-order valence-electron chi connectivity index (χ0n) is 19.4. The number of aliphatic hydroxyl groups is 2. The van der Waals surface area contributed by atoms with Gasteiger partial charge in [0.2, 0.25) is 0 Å². The number of hydrogen-bond acceptors (Lipinski definition) is 4. The summed E-state index contributed by atoms with van der Waals surface area (Å²) in [5.41, 5.74) is 4.57. The Balaban J connectivity index is 1.29. The predicted molar refractivity (Wildman–Crippen MR) is 130 cm³/mol. The number of aliphatic hydroxyl groups excluding tert-OH is 2. The van der Waals surface area contributed by atoms with Crippen molar-refractivity contribution in [3.63, 3.8) is 0 Å². The molecule has 2 saturated heterocycles. The lowest BCUT2D eigenvalue weighted by Crippen LogP contribution is -2.43. The molecule has 2 aliphatic heterocycles. The highest BCUT2D eigenvalue weighted by Gasteiger charge is 2.42. The maximum Gasteiger partial charge on any atom is 0.111 e. The molecule has 3 fully saturated rings. The van der Waals surface area contributed by atoms with Gasteiger partial charge in [0.15, 0.2) is 0 Å². The van der Waals surface area contributed by atoms with E-state index in [4.69, 9.17) is 21.1 Å². The Morgan fingerprint density at radius 3 is 2.48 bits per heavy atom. The first-order valence-electron chi connectivity index (χ1n) is 12.5. The maximum absolute atomic E-state index is 10.5. The lowest BCUT2D eigenvalue weighted by atomic mass is 9.88. The predicted octanol–water partition coefficient (Wildman–Crippen LogP) is 5.71. The molecule has 1 saturated carbocycles. The van der Waals surface area contributed by atoms with Crippen LogP contribution in [0.15, 0.2) is 42.5 Å². The third-order valence-corrected chi connectivity index (χ3v) is 8.34.